The molecule has 0 aliphatic carbocycles. The van der Waals surface area contributed by atoms with Gasteiger partial charge in [-0.1, -0.05) is 37.5 Å². The first-order chi connectivity index (χ1) is 19.6. The van der Waals surface area contributed by atoms with Crippen LogP contribution in [0, 0.1) is 12.7 Å². The minimum Gasteiger partial charge on any atom is -0.386 e. The molecule has 0 spiro atoms. The minimum atomic E-state index is -2.67. The summed E-state index contributed by atoms with van der Waals surface area (Å²) in [5, 5.41) is 6.27. The Morgan fingerprint density at radius 1 is 1.17 bits per heavy atom. The Morgan fingerprint density at radius 3 is 2.61 bits per heavy atom. The number of pyridine rings is 2. The zero-order chi connectivity index (χ0) is 29.6. The van der Waals surface area contributed by atoms with Gasteiger partial charge in [0.2, 0.25) is 0 Å². The zero-order valence-corrected chi connectivity index (χ0v) is 23.8. The minimum absolute atomic E-state index is 0.144. The monoisotopic (exact) mass is 559 g/mol. The van der Waals surface area contributed by atoms with Crippen LogP contribution < -0.4 is 10.6 Å². The van der Waals surface area contributed by atoms with Crippen LogP contribution in [-0.2, 0) is 6.42 Å². The summed E-state index contributed by atoms with van der Waals surface area (Å²) in [4.78, 5) is 10.7. The van der Waals surface area contributed by atoms with Crippen molar-refractivity contribution in [1.29, 1.82) is 0 Å². The topological polar surface area (TPSA) is 53.1 Å². The van der Waals surface area contributed by atoms with Gasteiger partial charge in [-0.05, 0) is 66.5 Å². The SMILES string of the molecule is C=C/C(=C\C(=C/C)c1cc(F)c(NC)c(CC(=C)Nc2nccc(-c3ccccn3)c2C)c1)CN1CCC(F)(F)C1. The van der Waals surface area contributed by atoms with Crippen molar-refractivity contribution in [2.45, 2.75) is 32.6 Å². The van der Waals surface area contributed by atoms with E-state index in [0.29, 0.717) is 47.8 Å². The lowest BCUT2D eigenvalue weighted by Gasteiger charge is -2.18. The van der Waals surface area contributed by atoms with Gasteiger partial charge in [-0.3, -0.25) is 9.88 Å². The molecule has 8 heteroatoms. The molecule has 2 N–H and O–H groups in total. The summed E-state index contributed by atoms with van der Waals surface area (Å²) in [5.41, 5.74) is 6.70. The van der Waals surface area contributed by atoms with E-state index in [1.165, 1.54) is 6.07 Å². The molecule has 1 aromatic carbocycles. The molecule has 0 radical (unpaired) electrons. The van der Waals surface area contributed by atoms with Crippen LogP contribution in [0.5, 0.6) is 0 Å². The van der Waals surface area contributed by atoms with E-state index in [4.69, 9.17) is 0 Å². The lowest BCUT2D eigenvalue weighted by molar-refractivity contribution is 0.0131. The van der Waals surface area contributed by atoms with Gasteiger partial charge in [-0.2, -0.15) is 0 Å². The molecular weight excluding hydrogens is 523 g/mol. The average Bonchev–Trinajstić information content (AvgIpc) is 3.30. The second-order valence-corrected chi connectivity index (χ2v) is 10.2. The van der Waals surface area contributed by atoms with Gasteiger partial charge < -0.3 is 10.6 Å². The Balaban J connectivity index is 1.57. The highest BCUT2D eigenvalue weighted by Crippen LogP contribution is 2.31. The van der Waals surface area contributed by atoms with Crippen molar-refractivity contribution in [3.8, 4) is 11.3 Å². The molecule has 3 aromatic rings. The molecule has 4 rings (SSSR count). The van der Waals surface area contributed by atoms with E-state index in [-0.39, 0.29) is 13.0 Å². The van der Waals surface area contributed by atoms with E-state index in [9.17, 15) is 8.78 Å². The Bertz CT molecular complexity index is 1480. The summed E-state index contributed by atoms with van der Waals surface area (Å²) in [5.74, 6) is -2.41. The van der Waals surface area contributed by atoms with Gasteiger partial charge in [0.15, 0.2) is 0 Å². The molecule has 1 fully saturated rings. The maximum Gasteiger partial charge on any atom is 0.261 e. The van der Waals surface area contributed by atoms with E-state index in [2.05, 4.69) is 33.8 Å². The number of aromatic nitrogens is 2. The Morgan fingerprint density at radius 2 is 1.98 bits per heavy atom. The van der Waals surface area contributed by atoms with Gasteiger partial charge in [-0.15, -0.1) is 0 Å². The zero-order valence-electron chi connectivity index (χ0n) is 23.8. The molecule has 0 bridgehead atoms. The molecule has 0 unspecified atom stereocenters. The average molecular weight is 560 g/mol. The summed E-state index contributed by atoms with van der Waals surface area (Å²) in [7, 11) is 1.68. The summed E-state index contributed by atoms with van der Waals surface area (Å²) in [6.45, 7) is 12.3. The van der Waals surface area contributed by atoms with E-state index >= 15 is 4.39 Å². The molecule has 1 aliphatic rings. The number of halogens is 3. The lowest BCUT2D eigenvalue weighted by atomic mass is 9.97. The molecule has 214 valence electrons. The fourth-order valence-corrected chi connectivity index (χ4v) is 5.05. The molecule has 5 nitrogen and oxygen atoms in total. The highest BCUT2D eigenvalue weighted by atomic mass is 19.3. The number of rotatable bonds is 11. The van der Waals surface area contributed by atoms with Gasteiger partial charge in [0.05, 0.1) is 17.9 Å². The first-order valence-electron chi connectivity index (χ1n) is 13.6. The van der Waals surface area contributed by atoms with Crippen molar-refractivity contribution >= 4 is 17.1 Å². The van der Waals surface area contributed by atoms with Crippen LogP contribution in [0.4, 0.5) is 24.7 Å². The normalized spacial score (nSPS) is 15.6. The number of benzene rings is 1. The molecule has 1 aliphatic heterocycles. The standard InChI is InChI=1S/C33H36F3N5/c1-6-24(20-41-15-12-33(35,36)21-41)17-25(7-2)26-18-27(31(37-5)29(34)19-26)16-22(3)40-32-23(4)28(11-14-39-32)30-10-8-9-13-38-30/h6-11,13-14,17-19,37H,1,3,12,15-16,20-21H2,2,4-5H3,(H,39,40)/b24-17+,25-7+. The smallest absolute Gasteiger partial charge is 0.261 e. The van der Waals surface area contributed by atoms with Gasteiger partial charge in [0.1, 0.15) is 11.6 Å². The number of nitrogens with one attached hydrogen (secondary N) is 2. The lowest BCUT2D eigenvalue weighted by Crippen LogP contribution is -2.26. The fourth-order valence-electron chi connectivity index (χ4n) is 5.05. The van der Waals surface area contributed by atoms with Crippen molar-refractivity contribution in [3.05, 3.63) is 114 Å². The van der Waals surface area contributed by atoms with E-state index < -0.39 is 11.7 Å². The number of likely N-dealkylation sites (tertiary alicyclic amines) is 1. The first kappa shape index (κ1) is 29.8. The Hall–Kier alpha value is -4.17. The van der Waals surface area contributed by atoms with Crippen LogP contribution in [0.15, 0.2) is 91.4 Å². The first-order valence-corrected chi connectivity index (χ1v) is 13.6. The van der Waals surface area contributed by atoms with Gasteiger partial charge in [0.25, 0.3) is 5.92 Å². The fraction of sp³-hybridized carbons (Fsp3) is 0.273. The van der Waals surface area contributed by atoms with E-state index in [1.807, 2.05) is 56.3 Å². The molecule has 0 amide bonds. The summed E-state index contributed by atoms with van der Waals surface area (Å²) in [6.07, 6.45) is 9.09. The van der Waals surface area contributed by atoms with Gasteiger partial charge in [0, 0.05) is 62.2 Å². The predicted octanol–water partition coefficient (Wildman–Crippen LogP) is 7.66. The molecule has 3 heterocycles. The number of nitrogens with zero attached hydrogens (tertiary/aromatic N) is 3. The quantitative estimate of drug-likeness (QED) is 0.236. The number of alkyl halides is 2. The van der Waals surface area contributed by atoms with Crippen LogP contribution in [-0.4, -0.2) is 47.5 Å². The van der Waals surface area contributed by atoms with Crippen LogP contribution in [0.3, 0.4) is 0 Å². The van der Waals surface area contributed by atoms with Crippen molar-refractivity contribution in [1.82, 2.24) is 14.9 Å². The Labute approximate surface area is 240 Å². The molecule has 1 saturated heterocycles. The summed E-state index contributed by atoms with van der Waals surface area (Å²) < 4.78 is 42.7. The molecule has 41 heavy (non-hydrogen) atoms. The molecule has 0 saturated carbocycles. The largest absolute Gasteiger partial charge is 0.386 e. The van der Waals surface area contributed by atoms with E-state index in [1.54, 1.807) is 30.4 Å². The third kappa shape index (κ3) is 7.32. The third-order valence-corrected chi connectivity index (χ3v) is 7.17. The predicted molar refractivity (Wildman–Crippen MR) is 163 cm³/mol. The number of hydrogen-bond acceptors (Lipinski definition) is 5. The summed E-state index contributed by atoms with van der Waals surface area (Å²) >= 11 is 0. The van der Waals surface area contributed by atoms with Gasteiger partial charge >= 0.3 is 0 Å². The molecular formula is C33H36F3N5. The second kappa shape index (κ2) is 13.0. The number of anilines is 2. The van der Waals surface area contributed by atoms with Crippen LogP contribution in [0.1, 0.15) is 30.0 Å². The highest BCUT2D eigenvalue weighted by Gasteiger charge is 2.37. The molecule has 0 atom stereocenters. The second-order valence-electron chi connectivity index (χ2n) is 10.2. The maximum atomic E-state index is 15.3. The van der Waals surface area contributed by atoms with Crippen molar-refractivity contribution in [2.24, 2.45) is 0 Å². The van der Waals surface area contributed by atoms with Crippen molar-refractivity contribution in [2.75, 3.05) is 37.3 Å². The highest BCUT2D eigenvalue weighted by molar-refractivity contribution is 5.77. The number of allylic oxidation sites excluding steroid dienone is 4. The van der Waals surface area contributed by atoms with Crippen LogP contribution >= 0.6 is 0 Å². The number of hydrogen-bond donors (Lipinski definition) is 2. The van der Waals surface area contributed by atoms with Crippen molar-refractivity contribution < 1.29 is 13.2 Å². The van der Waals surface area contributed by atoms with Gasteiger partial charge in [-0.25, -0.2) is 18.2 Å². The van der Waals surface area contributed by atoms with Crippen LogP contribution in [0.25, 0.3) is 16.8 Å². The Kier molecular flexibility index (Phi) is 9.45. The summed E-state index contributed by atoms with van der Waals surface area (Å²) in [6, 6.07) is 11.1. The van der Waals surface area contributed by atoms with Crippen molar-refractivity contribution in [3.63, 3.8) is 0 Å². The maximum absolute atomic E-state index is 15.3. The third-order valence-electron chi connectivity index (χ3n) is 7.17. The molecule has 2 aromatic heterocycles. The van der Waals surface area contributed by atoms with Crippen LogP contribution in [0.2, 0.25) is 0 Å². The van der Waals surface area contributed by atoms with E-state index in [0.717, 1.165) is 28.0 Å².